The standard InChI is InChI=1S/C27H41N5O4S2/c1-24-4-8-26(9-5-24)37(33,34)31-20-16-29(17-21-31)14-12-28(3)13-15-30-18-22-32(23-19-30)38(35,36)27-10-6-25(2)7-11-27/h4-11H,12-23H2,1-3H3. The van der Waals surface area contributed by atoms with Crippen LogP contribution in [0.2, 0.25) is 0 Å². The van der Waals surface area contributed by atoms with Crippen LogP contribution >= 0.6 is 0 Å². The Bertz CT molecular complexity index is 1150. The number of likely N-dealkylation sites (N-methyl/N-ethyl adjacent to an activating group) is 1. The summed E-state index contributed by atoms with van der Waals surface area (Å²) < 4.78 is 54.9. The Kier molecular flexibility index (Phi) is 9.62. The average Bonchev–Trinajstić information content (AvgIpc) is 2.91. The van der Waals surface area contributed by atoms with Crippen molar-refractivity contribution in [3.8, 4) is 0 Å². The molecule has 4 rings (SSSR count). The van der Waals surface area contributed by atoms with E-state index in [1.807, 2.05) is 38.1 Å². The molecule has 210 valence electrons. The fraction of sp³-hybridized carbons (Fsp3) is 0.556. The minimum absolute atomic E-state index is 0.366. The van der Waals surface area contributed by atoms with Crippen LogP contribution in [0, 0.1) is 13.8 Å². The fourth-order valence-corrected chi connectivity index (χ4v) is 7.69. The number of rotatable bonds is 10. The Hall–Kier alpha value is -1.86. The lowest BCUT2D eigenvalue weighted by molar-refractivity contribution is 0.147. The van der Waals surface area contributed by atoms with Crippen molar-refractivity contribution < 1.29 is 16.8 Å². The number of hydrogen-bond donors (Lipinski definition) is 0. The van der Waals surface area contributed by atoms with E-state index in [9.17, 15) is 16.8 Å². The molecule has 2 aromatic carbocycles. The maximum absolute atomic E-state index is 12.9. The first-order chi connectivity index (χ1) is 18.1. The molecule has 2 fully saturated rings. The molecule has 9 nitrogen and oxygen atoms in total. The molecule has 11 heteroatoms. The van der Waals surface area contributed by atoms with Gasteiger partial charge >= 0.3 is 0 Å². The summed E-state index contributed by atoms with van der Waals surface area (Å²) >= 11 is 0. The van der Waals surface area contributed by atoms with Crippen LogP contribution in [-0.4, -0.2) is 126 Å². The Balaban J connectivity index is 1.14. The third-order valence-corrected chi connectivity index (χ3v) is 11.4. The molecule has 0 aromatic heterocycles. The van der Waals surface area contributed by atoms with Crippen LogP contribution in [0.15, 0.2) is 58.3 Å². The predicted octanol–water partition coefficient (Wildman–Crippen LogP) is 1.55. The molecule has 0 radical (unpaired) electrons. The van der Waals surface area contributed by atoms with Crippen LogP contribution < -0.4 is 0 Å². The van der Waals surface area contributed by atoms with Crippen LogP contribution in [0.5, 0.6) is 0 Å². The van der Waals surface area contributed by atoms with Crippen molar-refractivity contribution in [2.75, 3.05) is 85.6 Å². The lowest BCUT2D eigenvalue weighted by Crippen LogP contribution is -2.51. The quantitative estimate of drug-likeness (QED) is 0.434. The van der Waals surface area contributed by atoms with Gasteiger partial charge < -0.3 is 4.90 Å². The van der Waals surface area contributed by atoms with Gasteiger partial charge in [0.2, 0.25) is 20.0 Å². The second-order valence-corrected chi connectivity index (χ2v) is 14.3. The van der Waals surface area contributed by atoms with E-state index < -0.39 is 20.0 Å². The molecule has 38 heavy (non-hydrogen) atoms. The Morgan fingerprint density at radius 2 is 0.895 bits per heavy atom. The molecule has 0 aliphatic carbocycles. The van der Waals surface area contributed by atoms with Gasteiger partial charge in [-0.05, 0) is 45.2 Å². The molecule has 2 saturated heterocycles. The first-order valence-corrected chi connectivity index (χ1v) is 16.2. The Morgan fingerprint density at radius 1 is 0.579 bits per heavy atom. The number of piperazine rings is 2. The molecule has 2 aliphatic rings. The monoisotopic (exact) mass is 563 g/mol. The lowest BCUT2D eigenvalue weighted by atomic mass is 10.2. The Labute approximate surface area is 228 Å². The van der Waals surface area contributed by atoms with E-state index in [0.29, 0.717) is 36.0 Å². The van der Waals surface area contributed by atoms with Crippen molar-refractivity contribution in [1.82, 2.24) is 23.3 Å². The summed E-state index contributed by atoms with van der Waals surface area (Å²) in [4.78, 5) is 7.68. The van der Waals surface area contributed by atoms with Crippen LogP contribution in [0.1, 0.15) is 11.1 Å². The van der Waals surface area contributed by atoms with Gasteiger partial charge in [-0.2, -0.15) is 8.61 Å². The van der Waals surface area contributed by atoms with Crippen molar-refractivity contribution in [1.29, 1.82) is 0 Å². The molecule has 2 heterocycles. The molecule has 0 spiro atoms. The van der Waals surface area contributed by atoms with Crippen LogP contribution in [0.3, 0.4) is 0 Å². The summed E-state index contributed by atoms with van der Waals surface area (Å²) in [7, 11) is -4.76. The average molecular weight is 564 g/mol. The fourth-order valence-electron chi connectivity index (χ4n) is 4.84. The van der Waals surface area contributed by atoms with E-state index in [-0.39, 0.29) is 0 Å². The molecule has 2 aliphatic heterocycles. The number of sulfonamides is 2. The highest BCUT2D eigenvalue weighted by molar-refractivity contribution is 7.89. The number of hydrogen-bond acceptors (Lipinski definition) is 7. The van der Waals surface area contributed by atoms with Crippen LogP contribution in [0.25, 0.3) is 0 Å². The van der Waals surface area contributed by atoms with Gasteiger partial charge in [-0.15, -0.1) is 0 Å². The summed E-state index contributed by atoms with van der Waals surface area (Å²) in [5.41, 5.74) is 2.09. The van der Waals surface area contributed by atoms with E-state index in [2.05, 4.69) is 21.7 Å². The van der Waals surface area contributed by atoms with Gasteiger partial charge in [-0.25, -0.2) is 16.8 Å². The maximum atomic E-state index is 12.9. The minimum atomic E-state index is -3.44. The summed E-state index contributed by atoms with van der Waals surface area (Å²) in [5.74, 6) is 0. The second-order valence-electron chi connectivity index (χ2n) is 10.4. The number of benzene rings is 2. The highest BCUT2D eigenvalue weighted by Gasteiger charge is 2.29. The first-order valence-electron chi connectivity index (χ1n) is 13.3. The smallest absolute Gasteiger partial charge is 0.243 e. The van der Waals surface area contributed by atoms with Crippen LogP contribution in [-0.2, 0) is 20.0 Å². The molecule has 0 atom stereocenters. The van der Waals surface area contributed by atoms with Crippen molar-refractivity contribution in [3.05, 3.63) is 59.7 Å². The molecule has 2 aromatic rings. The van der Waals surface area contributed by atoms with Gasteiger partial charge in [0.15, 0.2) is 0 Å². The highest BCUT2D eigenvalue weighted by Crippen LogP contribution is 2.19. The summed E-state index contributed by atoms with van der Waals surface area (Å²) in [6.07, 6.45) is 0. The zero-order valence-corrected chi connectivity index (χ0v) is 24.4. The SMILES string of the molecule is Cc1ccc(S(=O)(=O)N2CCN(CCN(C)CCN3CCN(S(=O)(=O)c4ccc(C)cc4)CC3)CC2)cc1. The molecule has 0 amide bonds. The normalized spacial score (nSPS) is 19.3. The molecular weight excluding hydrogens is 522 g/mol. The maximum Gasteiger partial charge on any atom is 0.243 e. The zero-order valence-electron chi connectivity index (χ0n) is 22.8. The van der Waals surface area contributed by atoms with Gasteiger partial charge in [0.25, 0.3) is 0 Å². The van der Waals surface area contributed by atoms with E-state index in [4.69, 9.17) is 0 Å². The molecule has 0 unspecified atom stereocenters. The summed E-state index contributed by atoms with van der Waals surface area (Å²) in [6.45, 7) is 12.5. The lowest BCUT2D eigenvalue weighted by Gasteiger charge is -2.36. The molecular formula is C27H41N5O4S2. The van der Waals surface area contributed by atoms with Crippen molar-refractivity contribution in [2.45, 2.75) is 23.6 Å². The van der Waals surface area contributed by atoms with Gasteiger partial charge in [0, 0.05) is 78.5 Å². The molecule has 0 bridgehead atoms. The van der Waals surface area contributed by atoms with Crippen molar-refractivity contribution in [3.63, 3.8) is 0 Å². The molecule has 0 N–H and O–H groups in total. The second kappa shape index (κ2) is 12.5. The zero-order chi connectivity index (χ0) is 27.3. The van der Waals surface area contributed by atoms with E-state index >= 15 is 0 Å². The number of aryl methyl sites for hydroxylation is 2. The third kappa shape index (κ3) is 7.20. The number of nitrogens with zero attached hydrogens (tertiary/aromatic N) is 5. The Morgan fingerprint density at radius 3 is 1.21 bits per heavy atom. The highest BCUT2D eigenvalue weighted by atomic mass is 32.2. The van der Waals surface area contributed by atoms with Gasteiger partial charge in [0.05, 0.1) is 9.79 Å². The van der Waals surface area contributed by atoms with Gasteiger partial charge in [-0.3, -0.25) is 9.80 Å². The largest absolute Gasteiger partial charge is 0.304 e. The summed E-state index contributed by atoms with van der Waals surface area (Å²) in [5, 5.41) is 0. The van der Waals surface area contributed by atoms with Crippen LogP contribution in [0.4, 0.5) is 0 Å². The van der Waals surface area contributed by atoms with Crippen molar-refractivity contribution in [2.24, 2.45) is 0 Å². The van der Waals surface area contributed by atoms with Gasteiger partial charge in [-0.1, -0.05) is 35.4 Å². The van der Waals surface area contributed by atoms with Crippen molar-refractivity contribution >= 4 is 20.0 Å². The van der Waals surface area contributed by atoms with E-state index in [1.54, 1.807) is 32.9 Å². The molecule has 0 saturated carbocycles. The first kappa shape index (κ1) is 29.1. The third-order valence-electron chi connectivity index (χ3n) is 7.58. The topological polar surface area (TPSA) is 84.5 Å². The minimum Gasteiger partial charge on any atom is -0.304 e. The van der Waals surface area contributed by atoms with E-state index in [0.717, 1.165) is 63.5 Å². The van der Waals surface area contributed by atoms with Gasteiger partial charge in [0.1, 0.15) is 0 Å². The summed E-state index contributed by atoms with van der Waals surface area (Å²) in [6, 6.07) is 14.1. The van der Waals surface area contributed by atoms with E-state index in [1.165, 1.54) is 0 Å². The predicted molar refractivity (Wildman–Crippen MR) is 150 cm³/mol.